The van der Waals surface area contributed by atoms with E-state index in [4.69, 9.17) is 27.9 Å². The Morgan fingerprint density at radius 2 is 1.93 bits per heavy atom. The maximum absolute atomic E-state index is 12.4. The summed E-state index contributed by atoms with van der Waals surface area (Å²) in [5.74, 6) is 0. The van der Waals surface area contributed by atoms with Gasteiger partial charge in [0, 0.05) is 24.7 Å². The number of rotatable bonds is 7. The number of hydrogen-bond acceptors (Lipinski definition) is 4. The zero-order chi connectivity index (χ0) is 19.3. The molecule has 8 heteroatoms. The van der Waals surface area contributed by atoms with Gasteiger partial charge in [0.1, 0.15) is 4.90 Å². The Morgan fingerprint density at radius 1 is 1.15 bits per heavy atom. The van der Waals surface area contributed by atoms with E-state index in [1.54, 1.807) is 6.07 Å². The molecule has 1 aliphatic heterocycles. The molecule has 0 radical (unpaired) electrons. The second-order valence-corrected chi connectivity index (χ2v) is 8.98. The first-order valence-electron chi connectivity index (χ1n) is 8.79. The predicted octanol–water partition coefficient (Wildman–Crippen LogP) is 3.74. The number of sulfonamides is 1. The summed E-state index contributed by atoms with van der Waals surface area (Å²) in [6.07, 6.45) is 0.751. The van der Waals surface area contributed by atoms with Crippen LogP contribution in [0, 0.1) is 0 Å². The van der Waals surface area contributed by atoms with Gasteiger partial charge in [-0.15, -0.1) is 0 Å². The number of nitrogens with zero attached hydrogens (tertiary/aromatic N) is 1. The van der Waals surface area contributed by atoms with Gasteiger partial charge in [0.15, 0.2) is 0 Å². The largest absolute Gasteiger partial charge is 0.371 e. The van der Waals surface area contributed by atoms with Crippen molar-refractivity contribution in [3.8, 4) is 0 Å². The summed E-state index contributed by atoms with van der Waals surface area (Å²) in [5.41, 5.74) is 1.17. The van der Waals surface area contributed by atoms with E-state index in [0.717, 1.165) is 19.6 Å². The molecule has 0 bridgehead atoms. The third kappa shape index (κ3) is 5.67. The molecule has 27 heavy (non-hydrogen) atoms. The molecule has 1 atom stereocenters. The SMILES string of the molecule is O=S(=O)(NCCCN1CCOC(c2ccccc2)C1)c1cc(Cl)ccc1Cl. The normalized spacial score (nSPS) is 18.5. The molecule has 0 spiro atoms. The molecule has 1 N–H and O–H groups in total. The van der Waals surface area contributed by atoms with Crippen molar-refractivity contribution in [3.05, 3.63) is 64.1 Å². The van der Waals surface area contributed by atoms with Crippen molar-refractivity contribution in [1.29, 1.82) is 0 Å². The van der Waals surface area contributed by atoms with E-state index < -0.39 is 10.0 Å². The first kappa shape index (κ1) is 20.6. The molecule has 0 saturated carbocycles. The smallest absolute Gasteiger partial charge is 0.242 e. The molecule has 2 aromatic rings. The molecule has 1 aliphatic rings. The first-order valence-corrected chi connectivity index (χ1v) is 11.0. The second-order valence-electron chi connectivity index (χ2n) is 6.40. The van der Waals surface area contributed by atoms with Gasteiger partial charge in [0.25, 0.3) is 0 Å². The number of hydrogen-bond donors (Lipinski definition) is 1. The van der Waals surface area contributed by atoms with Crippen molar-refractivity contribution in [3.63, 3.8) is 0 Å². The number of halogens is 2. The van der Waals surface area contributed by atoms with E-state index in [9.17, 15) is 8.42 Å². The van der Waals surface area contributed by atoms with Gasteiger partial charge in [-0.1, -0.05) is 53.5 Å². The maximum Gasteiger partial charge on any atom is 0.242 e. The molecule has 0 aromatic heterocycles. The van der Waals surface area contributed by atoms with Crippen molar-refractivity contribution in [2.45, 2.75) is 17.4 Å². The Morgan fingerprint density at radius 3 is 2.70 bits per heavy atom. The number of nitrogens with one attached hydrogen (secondary N) is 1. The molecule has 3 rings (SSSR count). The second kappa shape index (κ2) is 9.37. The third-order valence-electron chi connectivity index (χ3n) is 4.45. The molecule has 1 heterocycles. The quantitative estimate of drug-likeness (QED) is 0.682. The lowest BCUT2D eigenvalue weighted by Gasteiger charge is -2.33. The Balaban J connectivity index is 1.49. The summed E-state index contributed by atoms with van der Waals surface area (Å²) in [6.45, 7) is 3.44. The molecule has 1 fully saturated rings. The van der Waals surface area contributed by atoms with Crippen LogP contribution in [0.1, 0.15) is 18.1 Å². The van der Waals surface area contributed by atoms with Crippen LogP contribution in [-0.2, 0) is 14.8 Å². The minimum Gasteiger partial charge on any atom is -0.371 e. The van der Waals surface area contributed by atoms with E-state index in [0.29, 0.717) is 24.6 Å². The highest BCUT2D eigenvalue weighted by atomic mass is 35.5. The lowest BCUT2D eigenvalue weighted by molar-refractivity contribution is -0.0300. The molecule has 2 aromatic carbocycles. The van der Waals surface area contributed by atoms with Crippen molar-refractivity contribution in [2.24, 2.45) is 0 Å². The molecule has 1 unspecified atom stereocenters. The number of morpholine rings is 1. The topological polar surface area (TPSA) is 58.6 Å². The van der Waals surface area contributed by atoms with Crippen LogP contribution >= 0.6 is 23.2 Å². The van der Waals surface area contributed by atoms with Crippen molar-refractivity contribution in [2.75, 3.05) is 32.8 Å². The predicted molar refractivity (Wildman–Crippen MR) is 108 cm³/mol. The van der Waals surface area contributed by atoms with Crippen molar-refractivity contribution in [1.82, 2.24) is 9.62 Å². The fourth-order valence-corrected chi connectivity index (χ4v) is 4.88. The Hall–Kier alpha value is -1.15. The van der Waals surface area contributed by atoms with Gasteiger partial charge in [-0.2, -0.15) is 0 Å². The van der Waals surface area contributed by atoms with E-state index in [2.05, 4.69) is 21.8 Å². The van der Waals surface area contributed by atoms with Gasteiger partial charge >= 0.3 is 0 Å². The Kier molecular flexibility index (Phi) is 7.14. The highest BCUT2D eigenvalue weighted by molar-refractivity contribution is 7.89. The first-order chi connectivity index (χ1) is 13.0. The number of benzene rings is 2. The van der Waals surface area contributed by atoms with Crippen LogP contribution in [0.5, 0.6) is 0 Å². The fourth-order valence-electron chi connectivity index (χ4n) is 3.05. The van der Waals surface area contributed by atoms with Crippen molar-refractivity contribution < 1.29 is 13.2 Å². The van der Waals surface area contributed by atoms with Crippen molar-refractivity contribution >= 4 is 33.2 Å². The van der Waals surface area contributed by atoms with Crippen LogP contribution < -0.4 is 4.72 Å². The minimum atomic E-state index is -3.68. The van der Waals surface area contributed by atoms with E-state index in [1.165, 1.54) is 17.7 Å². The molecule has 146 valence electrons. The standard InChI is InChI=1S/C19H22Cl2N2O3S/c20-16-7-8-17(21)19(13-16)27(24,25)22-9-4-10-23-11-12-26-18(14-23)15-5-2-1-3-6-15/h1-3,5-8,13,18,22H,4,9-12,14H2. The summed E-state index contributed by atoms with van der Waals surface area (Å²) < 4.78 is 33.3. The average molecular weight is 429 g/mol. The van der Waals surface area contributed by atoms with E-state index in [-0.39, 0.29) is 16.0 Å². The lowest BCUT2D eigenvalue weighted by Crippen LogP contribution is -2.39. The van der Waals surface area contributed by atoms with Crippen LogP contribution in [0.4, 0.5) is 0 Å². The van der Waals surface area contributed by atoms with Crippen LogP contribution in [0.25, 0.3) is 0 Å². The number of ether oxygens (including phenoxy) is 1. The van der Waals surface area contributed by atoms with Crippen LogP contribution in [0.3, 0.4) is 0 Å². The van der Waals surface area contributed by atoms with Gasteiger partial charge in [0.2, 0.25) is 10.0 Å². The highest BCUT2D eigenvalue weighted by Gasteiger charge is 2.22. The van der Waals surface area contributed by atoms with Gasteiger partial charge in [-0.3, -0.25) is 4.90 Å². The molecule has 5 nitrogen and oxygen atoms in total. The third-order valence-corrected chi connectivity index (χ3v) is 6.63. The summed E-state index contributed by atoms with van der Waals surface area (Å²) in [4.78, 5) is 2.30. The molecule has 0 aliphatic carbocycles. The average Bonchev–Trinajstić information content (AvgIpc) is 2.68. The monoisotopic (exact) mass is 428 g/mol. The maximum atomic E-state index is 12.4. The minimum absolute atomic E-state index is 0.00665. The molecular formula is C19H22Cl2N2O3S. The molecular weight excluding hydrogens is 407 g/mol. The fraction of sp³-hybridized carbons (Fsp3) is 0.368. The Labute approximate surface area is 170 Å². The van der Waals surface area contributed by atoms with E-state index in [1.807, 2.05) is 18.2 Å². The van der Waals surface area contributed by atoms with Crippen LogP contribution in [-0.4, -0.2) is 46.1 Å². The van der Waals surface area contributed by atoms with Gasteiger partial charge < -0.3 is 4.74 Å². The summed E-state index contributed by atoms with van der Waals surface area (Å²) in [6, 6.07) is 14.5. The molecule has 1 saturated heterocycles. The van der Waals surface area contributed by atoms with Gasteiger partial charge in [0.05, 0.1) is 17.7 Å². The summed E-state index contributed by atoms with van der Waals surface area (Å²) >= 11 is 11.9. The van der Waals surface area contributed by atoms with Crippen LogP contribution in [0.15, 0.2) is 53.4 Å². The summed E-state index contributed by atoms with van der Waals surface area (Å²) in [5, 5.41) is 0.492. The van der Waals surface area contributed by atoms with Crippen LogP contribution in [0.2, 0.25) is 10.0 Å². The lowest BCUT2D eigenvalue weighted by atomic mass is 10.1. The van der Waals surface area contributed by atoms with Gasteiger partial charge in [-0.25, -0.2) is 13.1 Å². The molecule has 0 amide bonds. The zero-order valence-electron chi connectivity index (χ0n) is 14.8. The Bertz CT molecular complexity index is 863. The zero-order valence-corrected chi connectivity index (χ0v) is 17.1. The summed E-state index contributed by atoms with van der Waals surface area (Å²) in [7, 11) is -3.68. The van der Waals surface area contributed by atoms with E-state index >= 15 is 0 Å². The highest BCUT2D eigenvalue weighted by Crippen LogP contribution is 2.25. The van der Waals surface area contributed by atoms with Gasteiger partial charge in [-0.05, 0) is 36.7 Å².